The van der Waals surface area contributed by atoms with Crippen LogP contribution in [0.15, 0.2) is 0 Å². The van der Waals surface area contributed by atoms with Crippen LogP contribution >= 0.6 is 0 Å². The Balaban J connectivity index is 1.36. The fraction of sp³-hybridized carbons (Fsp3) is 0.944. The summed E-state index contributed by atoms with van der Waals surface area (Å²) in [5, 5.41) is 6.76. The summed E-state index contributed by atoms with van der Waals surface area (Å²) in [7, 11) is 0. The number of rotatable bonds is 4. The molecule has 0 aromatic rings. The summed E-state index contributed by atoms with van der Waals surface area (Å²) in [6.45, 7) is 5.86. The van der Waals surface area contributed by atoms with Gasteiger partial charge in [-0.3, -0.25) is 4.79 Å². The molecule has 3 rings (SSSR count). The minimum atomic E-state index is 0.270. The third-order valence-electron chi connectivity index (χ3n) is 5.89. The first-order valence-electron chi connectivity index (χ1n) is 9.55. The molecule has 0 aromatic heterocycles. The molecule has 2 heterocycles. The number of likely N-dealkylation sites (tertiary alicyclic amines) is 1. The largest absolute Gasteiger partial charge is 0.353 e. The van der Waals surface area contributed by atoms with Crippen molar-refractivity contribution in [3.8, 4) is 0 Å². The van der Waals surface area contributed by atoms with Crippen LogP contribution in [0.1, 0.15) is 57.8 Å². The van der Waals surface area contributed by atoms with E-state index in [2.05, 4.69) is 15.5 Å². The molecule has 4 nitrogen and oxygen atoms in total. The zero-order valence-electron chi connectivity index (χ0n) is 14.0. The molecule has 0 radical (unpaired) electrons. The standard InChI is InChI=1S/C18H33N3O/c22-18(20-17-4-2-1-3-5-17)16-8-12-21(13-9-16)14-15-6-10-19-11-7-15/h15-17,19H,1-14H2,(H,20,22). The molecule has 1 saturated carbocycles. The van der Waals surface area contributed by atoms with E-state index >= 15 is 0 Å². The molecule has 0 unspecified atom stereocenters. The van der Waals surface area contributed by atoms with Crippen molar-refractivity contribution in [1.82, 2.24) is 15.5 Å². The van der Waals surface area contributed by atoms with E-state index in [0.29, 0.717) is 11.9 Å². The SMILES string of the molecule is O=C(NC1CCCCC1)C1CCN(CC2CCNCC2)CC1. The van der Waals surface area contributed by atoms with Crippen molar-refractivity contribution < 1.29 is 4.79 Å². The summed E-state index contributed by atoms with van der Waals surface area (Å²) in [6, 6.07) is 0.467. The lowest BCUT2D eigenvalue weighted by Crippen LogP contribution is -2.45. The lowest BCUT2D eigenvalue weighted by atomic mass is 9.91. The minimum absolute atomic E-state index is 0.270. The molecule has 0 bridgehead atoms. The van der Waals surface area contributed by atoms with Crippen LogP contribution in [-0.4, -0.2) is 49.6 Å². The Morgan fingerprint density at radius 3 is 2.32 bits per heavy atom. The molecule has 126 valence electrons. The third kappa shape index (κ3) is 4.69. The van der Waals surface area contributed by atoms with Gasteiger partial charge in [0.15, 0.2) is 0 Å². The second-order valence-electron chi connectivity index (χ2n) is 7.61. The predicted molar refractivity (Wildman–Crippen MR) is 89.8 cm³/mol. The van der Waals surface area contributed by atoms with Crippen molar-refractivity contribution >= 4 is 5.91 Å². The average Bonchev–Trinajstić information content (AvgIpc) is 2.57. The second-order valence-corrected chi connectivity index (χ2v) is 7.61. The van der Waals surface area contributed by atoms with Crippen LogP contribution < -0.4 is 10.6 Å². The van der Waals surface area contributed by atoms with E-state index in [1.165, 1.54) is 64.6 Å². The van der Waals surface area contributed by atoms with Gasteiger partial charge in [-0.25, -0.2) is 0 Å². The molecule has 2 N–H and O–H groups in total. The summed E-state index contributed by atoms with van der Waals surface area (Å²) in [5.74, 6) is 1.48. The van der Waals surface area contributed by atoms with Gasteiger partial charge in [-0.15, -0.1) is 0 Å². The number of carbonyl (C=O) groups is 1. The van der Waals surface area contributed by atoms with Crippen LogP contribution in [0, 0.1) is 11.8 Å². The van der Waals surface area contributed by atoms with Crippen molar-refractivity contribution in [3.05, 3.63) is 0 Å². The average molecular weight is 307 g/mol. The Labute approximate surface area is 135 Å². The van der Waals surface area contributed by atoms with Crippen molar-refractivity contribution in [2.45, 2.75) is 63.8 Å². The Morgan fingerprint density at radius 1 is 0.955 bits per heavy atom. The Morgan fingerprint density at radius 2 is 1.64 bits per heavy atom. The molecule has 4 heteroatoms. The van der Waals surface area contributed by atoms with E-state index in [9.17, 15) is 4.79 Å². The molecule has 1 aliphatic carbocycles. The second kappa shape index (κ2) is 8.30. The number of hydrogen-bond donors (Lipinski definition) is 2. The molecule has 2 aliphatic heterocycles. The van der Waals surface area contributed by atoms with Gasteiger partial charge in [0.1, 0.15) is 0 Å². The van der Waals surface area contributed by atoms with Gasteiger partial charge < -0.3 is 15.5 Å². The van der Waals surface area contributed by atoms with Gasteiger partial charge in [-0.1, -0.05) is 19.3 Å². The van der Waals surface area contributed by atoms with Crippen LogP contribution in [0.2, 0.25) is 0 Å². The number of carbonyl (C=O) groups excluding carboxylic acids is 1. The smallest absolute Gasteiger partial charge is 0.223 e. The van der Waals surface area contributed by atoms with Gasteiger partial charge in [-0.05, 0) is 70.6 Å². The highest BCUT2D eigenvalue weighted by atomic mass is 16.1. The Bertz CT molecular complexity index is 340. The normalized spacial score (nSPS) is 26.9. The number of hydrogen-bond acceptors (Lipinski definition) is 3. The topological polar surface area (TPSA) is 44.4 Å². The lowest BCUT2D eigenvalue weighted by Gasteiger charge is -2.35. The van der Waals surface area contributed by atoms with Gasteiger partial charge >= 0.3 is 0 Å². The van der Waals surface area contributed by atoms with E-state index in [1.54, 1.807) is 0 Å². The quantitative estimate of drug-likeness (QED) is 0.836. The molecule has 3 fully saturated rings. The van der Waals surface area contributed by atoms with E-state index in [-0.39, 0.29) is 5.92 Å². The number of amides is 1. The molecule has 22 heavy (non-hydrogen) atoms. The van der Waals surface area contributed by atoms with Gasteiger partial charge in [-0.2, -0.15) is 0 Å². The molecule has 3 aliphatic rings. The monoisotopic (exact) mass is 307 g/mol. The van der Waals surface area contributed by atoms with Crippen molar-refractivity contribution in [3.63, 3.8) is 0 Å². The van der Waals surface area contributed by atoms with Crippen LogP contribution in [0.25, 0.3) is 0 Å². The van der Waals surface area contributed by atoms with Crippen LogP contribution in [0.4, 0.5) is 0 Å². The maximum Gasteiger partial charge on any atom is 0.223 e. The molecule has 0 aromatic carbocycles. The summed E-state index contributed by atoms with van der Waals surface area (Å²) >= 11 is 0. The first kappa shape index (κ1) is 16.3. The maximum absolute atomic E-state index is 12.4. The van der Waals surface area contributed by atoms with Gasteiger partial charge in [0.25, 0.3) is 0 Å². The first-order chi connectivity index (χ1) is 10.8. The molecular weight excluding hydrogens is 274 g/mol. The summed E-state index contributed by atoms with van der Waals surface area (Å²) in [6.07, 6.45) is 11.1. The number of nitrogens with one attached hydrogen (secondary N) is 2. The van der Waals surface area contributed by atoms with Crippen molar-refractivity contribution in [2.75, 3.05) is 32.7 Å². The highest BCUT2D eigenvalue weighted by Crippen LogP contribution is 2.23. The summed E-state index contributed by atoms with van der Waals surface area (Å²) < 4.78 is 0. The Hall–Kier alpha value is -0.610. The maximum atomic E-state index is 12.4. The molecular formula is C18H33N3O. The zero-order valence-corrected chi connectivity index (χ0v) is 14.0. The van der Waals surface area contributed by atoms with Crippen LogP contribution in [-0.2, 0) is 4.79 Å². The molecule has 1 amide bonds. The highest BCUT2D eigenvalue weighted by Gasteiger charge is 2.28. The minimum Gasteiger partial charge on any atom is -0.353 e. The zero-order chi connectivity index (χ0) is 15.2. The van der Waals surface area contributed by atoms with E-state index in [1.807, 2.05) is 0 Å². The number of nitrogens with zero attached hydrogens (tertiary/aromatic N) is 1. The van der Waals surface area contributed by atoms with Gasteiger partial charge in [0.05, 0.1) is 0 Å². The Kier molecular flexibility index (Phi) is 6.13. The van der Waals surface area contributed by atoms with Gasteiger partial charge in [0.2, 0.25) is 5.91 Å². The van der Waals surface area contributed by atoms with Gasteiger partial charge in [0, 0.05) is 18.5 Å². The highest BCUT2D eigenvalue weighted by molar-refractivity contribution is 5.79. The van der Waals surface area contributed by atoms with Crippen molar-refractivity contribution in [2.24, 2.45) is 11.8 Å². The van der Waals surface area contributed by atoms with E-state index in [0.717, 1.165) is 31.8 Å². The van der Waals surface area contributed by atoms with E-state index in [4.69, 9.17) is 0 Å². The molecule has 0 spiro atoms. The van der Waals surface area contributed by atoms with Crippen LogP contribution in [0.3, 0.4) is 0 Å². The van der Waals surface area contributed by atoms with E-state index < -0.39 is 0 Å². The molecule has 2 saturated heterocycles. The third-order valence-corrected chi connectivity index (χ3v) is 5.89. The summed E-state index contributed by atoms with van der Waals surface area (Å²) in [5.41, 5.74) is 0. The van der Waals surface area contributed by atoms with Crippen LogP contribution in [0.5, 0.6) is 0 Å². The predicted octanol–water partition coefficient (Wildman–Crippen LogP) is 2.15. The number of piperidine rings is 2. The fourth-order valence-corrected chi connectivity index (χ4v) is 4.37. The first-order valence-corrected chi connectivity index (χ1v) is 9.55. The lowest BCUT2D eigenvalue weighted by molar-refractivity contribution is -0.127. The molecule has 0 atom stereocenters. The fourth-order valence-electron chi connectivity index (χ4n) is 4.37. The summed E-state index contributed by atoms with van der Waals surface area (Å²) in [4.78, 5) is 15.0. The van der Waals surface area contributed by atoms with Crippen molar-refractivity contribution in [1.29, 1.82) is 0 Å².